The molecule has 1 aliphatic rings. The molecule has 1 heterocycles. The van der Waals surface area contributed by atoms with Gasteiger partial charge in [0.1, 0.15) is 0 Å². The minimum Gasteiger partial charge on any atom is -0.337 e. The molecule has 1 aliphatic heterocycles. The fraction of sp³-hybridized carbons (Fsp3) is 0.294. The Morgan fingerprint density at radius 3 is 1.63 bits per heavy atom. The Kier molecular flexibility index (Phi) is 2.86. The van der Waals surface area contributed by atoms with Crippen molar-refractivity contribution in [2.24, 2.45) is 0 Å². The Balaban J connectivity index is 2.34. The zero-order valence-corrected chi connectivity index (χ0v) is 12.9. The van der Waals surface area contributed by atoms with Gasteiger partial charge in [-0.05, 0) is 50.6 Å². The molecule has 100 valence electrons. The van der Waals surface area contributed by atoms with Gasteiger partial charge in [-0.3, -0.25) is 0 Å². The van der Waals surface area contributed by atoms with Crippen LogP contribution in [0.3, 0.4) is 0 Å². The number of hydrogen-bond acceptors (Lipinski definition) is 1. The number of para-hydroxylation sites is 2. The van der Waals surface area contributed by atoms with Crippen molar-refractivity contribution in [1.29, 1.82) is 0 Å². The van der Waals surface area contributed by atoms with E-state index in [1.54, 1.807) is 0 Å². The molecule has 0 N–H and O–H groups in total. The summed E-state index contributed by atoms with van der Waals surface area (Å²) >= 11 is 0. The van der Waals surface area contributed by atoms with Crippen molar-refractivity contribution in [3.63, 3.8) is 0 Å². The average Bonchev–Trinajstić information content (AvgIpc) is 2.39. The summed E-state index contributed by atoms with van der Waals surface area (Å²) in [5.41, 5.74) is 2.77. The van der Waals surface area contributed by atoms with Crippen molar-refractivity contribution in [1.82, 2.24) is 0 Å². The molecule has 0 aromatic heterocycles. The van der Waals surface area contributed by atoms with E-state index in [-0.39, 0.29) is 0 Å². The van der Waals surface area contributed by atoms with Crippen LogP contribution in [-0.4, -0.2) is 18.6 Å². The first-order valence-electron chi connectivity index (χ1n) is 6.74. The Morgan fingerprint density at radius 2 is 1.21 bits per heavy atom. The summed E-state index contributed by atoms with van der Waals surface area (Å²) in [6.45, 7) is 4.53. The number of nitrogens with zero attached hydrogens (tertiary/aromatic N) is 1. The molecule has 0 fully saturated rings. The van der Waals surface area contributed by atoms with Crippen molar-refractivity contribution < 1.29 is 0 Å². The van der Waals surface area contributed by atoms with Crippen LogP contribution in [0.2, 0.25) is 0 Å². The molecule has 0 saturated carbocycles. The fourth-order valence-electron chi connectivity index (χ4n) is 2.98. The zero-order valence-electron chi connectivity index (χ0n) is 12.1. The predicted octanol–water partition coefficient (Wildman–Crippen LogP) is 5.03. The van der Waals surface area contributed by atoms with Crippen LogP contribution in [0.1, 0.15) is 13.8 Å². The molecule has 0 radical (unpaired) electrons. The normalized spacial score (nSPS) is 17.8. The van der Waals surface area contributed by atoms with Gasteiger partial charge in [0.15, 0.2) is 0 Å². The van der Waals surface area contributed by atoms with Crippen LogP contribution in [0.25, 0.3) is 0 Å². The highest BCUT2D eigenvalue weighted by atomic mass is 32.3. The largest absolute Gasteiger partial charge is 0.337 e. The summed E-state index contributed by atoms with van der Waals surface area (Å²) in [7, 11) is -0.909. The lowest BCUT2D eigenvalue weighted by Gasteiger charge is -2.46. The Labute approximate surface area is 117 Å². The van der Waals surface area contributed by atoms with E-state index in [2.05, 4.69) is 79.8 Å². The summed E-state index contributed by atoms with van der Waals surface area (Å²) in [6, 6.07) is 18.2. The van der Waals surface area contributed by atoms with E-state index in [0.717, 1.165) is 0 Å². The summed E-state index contributed by atoms with van der Waals surface area (Å²) in [5, 5.41) is 0. The number of rotatable bonds is 1. The van der Waals surface area contributed by atoms with Crippen molar-refractivity contribution in [3.8, 4) is 0 Å². The third-order valence-corrected chi connectivity index (χ3v) is 6.76. The maximum absolute atomic E-state index is 2.48. The highest BCUT2D eigenvalue weighted by Gasteiger charge is 2.33. The quantitative estimate of drug-likeness (QED) is 0.703. The van der Waals surface area contributed by atoms with E-state index < -0.39 is 10.0 Å². The first-order valence-corrected chi connectivity index (χ1v) is 9.19. The van der Waals surface area contributed by atoms with Crippen molar-refractivity contribution in [3.05, 3.63) is 48.5 Å². The number of hydrogen-bond donors (Lipinski definition) is 0. The van der Waals surface area contributed by atoms with E-state index in [1.165, 1.54) is 21.2 Å². The molecule has 0 spiro atoms. The van der Waals surface area contributed by atoms with Gasteiger partial charge < -0.3 is 4.90 Å². The molecule has 0 unspecified atom stereocenters. The molecule has 2 aromatic rings. The highest BCUT2D eigenvalue weighted by molar-refractivity contribution is 8.33. The van der Waals surface area contributed by atoms with E-state index >= 15 is 0 Å². The smallest absolute Gasteiger partial charge is 0.0539 e. The second-order valence-corrected chi connectivity index (χ2v) is 9.26. The van der Waals surface area contributed by atoms with Gasteiger partial charge in [-0.1, -0.05) is 24.3 Å². The number of benzene rings is 2. The second kappa shape index (κ2) is 4.31. The molecule has 0 atom stereocenters. The van der Waals surface area contributed by atoms with Crippen LogP contribution in [0, 0.1) is 0 Å². The van der Waals surface area contributed by atoms with Crippen LogP contribution in [0.5, 0.6) is 0 Å². The van der Waals surface area contributed by atoms with E-state index in [0.29, 0.717) is 6.04 Å². The number of fused-ring (bicyclic) bond motifs is 2. The molecule has 0 aliphatic carbocycles. The zero-order chi connectivity index (χ0) is 13.6. The van der Waals surface area contributed by atoms with Gasteiger partial charge in [0, 0.05) is 15.8 Å². The number of anilines is 2. The van der Waals surface area contributed by atoms with Gasteiger partial charge in [0.25, 0.3) is 0 Å². The Morgan fingerprint density at radius 1 is 0.789 bits per heavy atom. The topological polar surface area (TPSA) is 3.24 Å². The van der Waals surface area contributed by atoms with Crippen LogP contribution in [0.15, 0.2) is 58.3 Å². The van der Waals surface area contributed by atoms with Gasteiger partial charge >= 0.3 is 0 Å². The monoisotopic (exact) mass is 271 g/mol. The van der Waals surface area contributed by atoms with Crippen molar-refractivity contribution in [2.75, 3.05) is 17.4 Å². The van der Waals surface area contributed by atoms with Crippen LogP contribution in [0.4, 0.5) is 11.4 Å². The molecule has 3 rings (SSSR count). The standard InChI is InChI=1S/C17H21NS/c1-13(2)18-14-9-5-7-11-16(14)19(3,4)17-12-8-6-10-15(17)18/h5-13H,1-4H3. The van der Waals surface area contributed by atoms with E-state index in [4.69, 9.17) is 0 Å². The SMILES string of the molecule is CC(C)N1c2ccccc2S(C)(C)c2ccccc21. The van der Waals surface area contributed by atoms with Crippen LogP contribution >= 0.6 is 10.0 Å². The van der Waals surface area contributed by atoms with Gasteiger partial charge in [0.05, 0.1) is 11.4 Å². The van der Waals surface area contributed by atoms with Crippen molar-refractivity contribution >= 4 is 21.4 Å². The summed E-state index contributed by atoms with van der Waals surface area (Å²) in [6.07, 6.45) is 4.81. The third-order valence-electron chi connectivity index (χ3n) is 3.87. The predicted molar refractivity (Wildman–Crippen MR) is 86.1 cm³/mol. The van der Waals surface area contributed by atoms with E-state index in [1.807, 2.05) is 0 Å². The molecule has 0 amide bonds. The molecule has 0 saturated heterocycles. The Bertz CT molecular complexity index is 567. The lowest BCUT2D eigenvalue weighted by atomic mass is 10.2. The lowest BCUT2D eigenvalue weighted by Crippen LogP contribution is -2.30. The van der Waals surface area contributed by atoms with Gasteiger partial charge in [-0.15, -0.1) is 0 Å². The second-order valence-electron chi connectivity index (χ2n) is 5.73. The Hall–Kier alpha value is -1.41. The molecule has 2 aromatic carbocycles. The summed E-state index contributed by atoms with van der Waals surface area (Å²) in [4.78, 5) is 5.48. The van der Waals surface area contributed by atoms with Crippen LogP contribution < -0.4 is 4.90 Å². The van der Waals surface area contributed by atoms with Crippen LogP contribution in [-0.2, 0) is 0 Å². The first kappa shape index (κ1) is 12.6. The molecule has 1 nitrogen and oxygen atoms in total. The van der Waals surface area contributed by atoms with E-state index in [9.17, 15) is 0 Å². The fourth-order valence-corrected chi connectivity index (χ4v) is 5.43. The molecule has 2 heteroatoms. The highest BCUT2D eigenvalue weighted by Crippen LogP contribution is 2.66. The van der Waals surface area contributed by atoms with Crippen molar-refractivity contribution in [2.45, 2.75) is 29.7 Å². The van der Waals surface area contributed by atoms with Gasteiger partial charge in [-0.25, -0.2) is 0 Å². The third kappa shape index (κ3) is 1.78. The summed E-state index contributed by atoms with van der Waals surface area (Å²) in [5.74, 6) is 0. The van der Waals surface area contributed by atoms with Gasteiger partial charge in [0.2, 0.25) is 0 Å². The van der Waals surface area contributed by atoms with Gasteiger partial charge in [-0.2, -0.15) is 10.0 Å². The minimum atomic E-state index is -0.909. The maximum Gasteiger partial charge on any atom is 0.0539 e. The maximum atomic E-state index is 2.48. The molecular weight excluding hydrogens is 250 g/mol. The summed E-state index contributed by atoms with van der Waals surface area (Å²) < 4.78 is 0. The first-order chi connectivity index (χ1) is 9.03. The lowest BCUT2D eigenvalue weighted by molar-refractivity contribution is 0.771. The molecular formula is C17H21NS. The minimum absolute atomic E-state index is 0.470. The average molecular weight is 271 g/mol. The molecule has 19 heavy (non-hydrogen) atoms. The molecule has 0 bridgehead atoms.